The summed E-state index contributed by atoms with van der Waals surface area (Å²) in [4.78, 5) is 17.9. The van der Waals surface area contributed by atoms with Gasteiger partial charge in [0, 0.05) is 32.5 Å². The van der Waals surface area contributed by atoms with Gasteiger partial charge in [-0.05, 0) is 25.1 Å². The predicted molar refractivity (Wildman–Crippen MR) is 83.9 cm³/mol. The topological polar surface area (TPSA) is 54.5 Å². The van der Waals surface area contributed by atoms with E-state index in [-0.39, 0.29) is 18.0 Å². The van der Waals surface area contributed by atoms with E-state index in [4.69, 9.17) is 4.74 Å². The molecule has 1 saturated heterocycles. The summed E-state index contributed by atoms with van der Waals surface area (Å²) in [5.74, 6) is -0.266. The van der Waals surface area contributed by atoms with Gasteiger partial charge in [0.1, 0.15) is 11.9 Å². The number of ether oxygens (including phenoxy) is 1. The van der Waals surface area contributed by atoms with Gasteiger partial charge in [-0.15, -0.1) is 0 Å². The molecule has 2 heterocycles. The highest BCUT2D eigenvalue weighted by atomic mass is 32.1. The molecule has 22 heavy (non-hydrogen) atoms. The molecule has 0 radical (unpaired) electrons. The lowest BCUT2D eigenvalue weighted by molar-refractivity contribution is 0.111. The largest absolute Gasteiger partial charge is 0.467 e. The number of amides is 2. The van der Waals surface area contributed by atoms with Gasteiger partial charge >= 0.3 is 6.03 Å². The normalized spacial score (nSPS) is 16.0. The van der Waals surface area contributed by atoms with Crippen LogP contribution in [0.4, 0.5) is 9.18 Å². The van der Waals surface area contributed by atoms with Gasteiger partial charge in [0.2, 0.25) is 0 Å². The second-order valence-corrected chi connectivity index (χ2v) is 6.22. The molecule has 2 amide bonds. The van der Waals surface area contributed by atoms with E-state index >= 15 is 0 Å². The van der Waals surface area contributed by atoms with Gasteiger partial charge in [0.05, 0.1) is 10.2 Å². The molecule has 0 atom stereocenters. The van der Waals surface area contributed by atoms with E-state index in [2.05, 4.69) is 10.3 Å². The summed E-state index contributed by atoms with van der Waals surface area (Å²) in [5.41, 5.74) is 0.751. The first-order valence-electron chi connectivity index (χ1n) is 7.41. The van der Waals surface area contributed by atoms with Crippen molar-refractivity contribution in [2.24, 2.45) is 0 Å². The third kappa shape index (κ3) is 3.30. The SMILES string of the molecule is CCNC(=O)N1CCC(Oc2nc3ccc(F)cc3s2)CC1. The van der Waals surface area contributed by atoms with Crippen LogP contribution in [0.5, 0.6) is 5.19 Å². The number of hydrogen-bond donors (Lipinski definition) is 1. The van der Waals surface area contributed by atoms with Crippen LogP contribution in [-0.4, -0.2) is 41.7 Å². The maximum absolute atomic E-state index is 13.2. The lowest BCUT2D eigenvalue weighted by Crippen LogP contribution is -2.46. The highest BCUT2D eigenvalue weighted by Gasteiger charge is 2.24. The number of fused-ring (bicyclic) bond motifs is 1. The van der Waals surface area contributed by atoms with Crippen LogP contribution in [0.15, 0.2) is 18.2 Å². The Morgan fingerprint density at radius 1 is 1.50 bits per heavy atom. The predicted octanol–water partition coefficient (Wildman–Crippen LogP) is 3.01. The number of urea groups is 1. The lowest BCUT2D eigenvalue weighted by atomic mass is 10.1. The molecule has 1 aliphatic rings. The summed E-state index contributed by atoms with van der Waals surface area (Å²) in [7, 11) is 0. The van der Waals surface area contributed by atoms with Gasteiger partial charge in [0.15, 0.2) is 0 Å². The number of nitrogens with zero attached hydrogens (tertiary/aromatic N) is 2. The number of likely N-dealkylation sites (tertiary alicyclic amines) is 1. The third-order valence-corrected chi connectivity index (χ3v) is 4.56. The standard InChI is InChI=1S/C15H18FN3O2S/c1-2-17-14(20)19-7-5-11(6-8-19)21-15-18-12-4-3-10(16)9-13(12)22-15/h3-4,9,11H,2,5-8H2,1H3,(H,17,20). The first-order valence-corrected chi connectivity index (χ1v) is 8.23. The molecule has 1 aromatic heterocycles. The fourth-order valence-corrected chi connectivity index (χ4v) is 3.42. The van der Waals surface area contributed by atoms with E-state index in [1.54, 1.807) is 11.0 Å². The summed E-state index contributed by atoms with van der Waals surface area (Å²) >= 11 is 1.35. The zero-order valence-electron chi connectivity index (χ0n) is 12.3. The molecular weight excluding hydrogens is 305 g/mol. The Balaban J connectivity index is 1.58. The Labute approximate surface area is 132 Å². The van der Waals surface area contributed by atoms with Crippen LogP contribution in [0.25, 0.3) is 10.2 Å². The van der Waals surface area contributed by atoms with Gasteiger partial charge in [-0.2, -0.15) is 0 Å². The Hall–Kier alpha value is -1.89. The number of halogens is 1. The lowest BCUT2D eigenvalue weighted by Gasteiger charge is -2.31. The average Bonchev–Trinajstić information content (AvgIpc) is 2.89. The molecule has 5 nitrogen and oxygen atoms in total. The van der Waals surface area contributed by atoms with Crippen molar-refractivity contribution < 1.29 is 13.9 Å². The van der Waals surface area contributed by atoms with Crippen molar-refractivity contribution in [1.29, 1.82) is 0 Å². The summed E-state index contributed by atoms with van der Waals surface area (Å²) in [5, 5.41) is 3.37. The van der Waals surface area contributed by atoms with Crippen molar-refractivity contribution in [3.8, 4) is 5.19 Å². The maximum atomic E-state index is 13.2. The van der Waals surface area contributed by atoms with Gasteiger partial charge in [-0.25, -0.2) is 14.2 Å². The molecule has 0 spiro atoms. The molecule has 7 heteroatoms. The van der Waals surface area contributed by atoms with E-state index < -0.39 is 0 Å². The number of piperidine rings is 1. The molecular formula is C15H18FN3O2S. The Kier molecular flexibility index (Phi) is 4.42. The van der Waals surface area contributed by atoms with E-state index in [0.29, 0.717) is 24.8 Å². The van der Waals surface area contributed by atoms with E-state index in [0.717, 1.165) is 23.1 Å². The second kappa shape index (κ2) is 6.48. The number of hydrogen-bond acceptors (Lipinski definition) is 4. The van der Waals surface area contributed by atoms with Crippen molar-refractivity contribution >= 4 is 27.6 Å². The molecule has 2 aromatic rings. The van der Waals surface area contributed by atoms with Crippen molar-refractivity contribution in [3.05, 3.63) is 24.0 Å². The Morgan fingerprint density at radius 3 is 3.00 bits per heavy atom. The zero-order valence-corrected chi connectivity index (χ0v) is 13.2. The first-order chi connectivity index (χ1) is 10.7. The molecule has 1 N–H and O–H groups in total. The van der Waals surface area contributed by atoms with Gasteiger partial charge in [0.25, 0.3) is 5.19 Å². The van der Waals surface area contributed by atoms with Crippen LogP contribution < -0.4 is 10.1 Å². The van der Waals surface area contributed by atoms with Crippen LogP contribution in [0.3, 0.4) is 0 Å². The molecule has 0 aliphatic carbocycles. The first kappa shape index (κ1) is 15.0. The smallest absolute Gasteiger partial charge is 0.317 e. The Morgan fingerprint density at radius 2 is 2.27 bits per heavy atom. The number of carbonyl (C=O) groups excluding carboxylic acids is 1. The maximum Gasteiger partial charge on any atom is 0.317 e. The molecule has 0 unspecified atom stereocenters. The van der Waals surface area contributed by atoms with Crippen LogP contribution in [0.2, 0.25) is 0 Å². The fraction of sp³-hybridized carbons (Fsp3) is 0.467. The zero-order chi connectivity index (χ0) is 15.5. The van der Waals surface area contributed by atoms with Crippen molar-refractivity contribution in [2.45, 2.75) is 25.9 Å². The molecule has 1 fully saturated rings. The molecule has 118 valence electrons. The number of thiazole rings is 1. The van der Waals surface area contributed by atoms with Crippen LogP contribution in [-0.2, 0) is 0 Å². The summed E-state index contributed by atoms with van der Waals surface area (Å²) in [6, 6.07) is 4.51. The van der Waals surface area contributed by atoms with Gasteiger partial charge in [-0.1, -0.05) is 11.3 Å². The van der Waals surface area contributed by atoms with Gasteiger partial charge < -0.3 is 15.0 Å². The highest BCUT2D eigenvalue weighted by molar-refractivity contribution is 7.20. The van der Waals surface area contributed by atoms with Crippen molar-refractivity contribution in [3.63, 3.8) is 0 Å². The minimum atomic E-state index is -0.266. The quantitative estimate of drug-likeness (QED) is 0.945. The minimum Gasteiger partial charge on any atom is -0.467 e. The molecule has 0 bridgehead atoms. The number of rotatable bonds is 3. The second-order valence-electron chi connectivity index (χ2n) is 5.23. The fourth-order valence-electron chi connectivity index (χ4n) is 2.51. The van der Waals surface area contributed by atoms with E-state index in [1.807, 2.05) is 6.92 Å². The van der Waals surface area contributed by atoms with E-state index in [9.17, 15) is 9.18 Å². The molecule has 1 aliphatic heterocycles. The third-order valence-electron chi connectivity index (χ3n) is 3.66. The van der Waals surface area contributed by atoms with Crippen LogP contribution in [0.1, 0.15) is 19.8 Å². The highest BCUT2D eigenvalue weighted by Crippen LogP contribution is 2.30. The molecule has 1 aromatic carbocycles. The summed E-state index contributed by atoms with van der Waals surface area (Å²) in [6.45, 7) is 3.90. The van der Waals surface area contributed by atoms with Gasteiger partial charge in [-0.3, -0.25) is 0 Å². The van der Waals surface area contributed by atoms with Crippen LogP contribution in [0, 0.1) is 5.82 Å². The number of aromatic nitrogens is 1. The minimum absolute atomic E-state index is 0.0172. The monoisotopic (exact) mass is 323 g/mol. The van der Waals surface area contributed by atoms with Crippen molar-refractivity contribution in [2.75, 3.05) is 19.6 Å². The number of carbonyl (C=O) groups is 1. The van der Waals surface area contributed by atoms with Crippen molar-refractivity contribution in [1.82, 2.24) is 15.2 Å². The molecule has 3 rings (SSSR count). The molecule has 0 saturated carbocycles. The average molecular weight is 323 g/mol. The van der Waals surface area contributed by atoms with E-state index in [1.165, 1.54) is 23.5 Å². The Bertz CT molecular complexity index is 668. The van der Waals surface area contributed by atoms with Crippen LogP contribution >= 0.6 is 11.3 Å². The summed E-state index contributed by atoms with van der Waals surface area (Å²) in [6.07, 6.45) is 1.61. The number of nitrogens with one attached hydrogen (secondary N) is 1. The summed E-state index contributed by atoms with van der Waals surface area (Å²) < 4.78 is 19.9. The number of benzene rings is 1.